The Morgan fingerprint density at radius 2 is 2.13 bits per heavy atom. The molecule has 0 aromatic carbocycles. The second-order valence-corrected chi connectivity index (χ2v) is 6.04. The molecule has 0 amide bonds. The predicted molar refractivity (Wildman–Crippen MR) is 64.7 cm³/mol. The minimum atomic E-state index is 0.278. The second-order valence-electron chi connectivity index (χ2n) is 6.04. The van der Waals surface area contributed by atoms with Crippen molar-refractivity contribution in [1.82, 2.24) is 5.32 Å². The average molecular weight is 210 g/mol. The van der Waals surface area contributed by atoms with E-state index < -0.39 is 0 Å². The van der Waals surface area contributed by atoms with Crippen LogP contribution in [0.15, 0.2) is 0 Å². The SMILES string of the molecule is CC1CCCC(CN)(NCC2CC2C)C1. The van der Waals surface area contributed by atoms with Crippen molar-refractivity contribution in [2.75, 3.05) is 13.1 Å². The lowest BCUT2D eigenvalue weighted by molar-refractivity contribution is 0.191. The zero-order valence-corrected chi connectivity index (χ0v) is 10.3. The van der Waals surface area contributed by atoms with Gasteiger partial charge in [0, 0.05) is 12.1 Å². The Morgan fingerprint density at radius 1 is 1.40 bits per heavy atom. The standard InChI is InChI=1S/C13H26N2/c1-10-4-3-5-13(7-10,9-14)15-8-12-6-11(12)2/h10-12,15H,3-9,14H2,1-2H3. The van der Waals surface area contributed by atoms with Gasteiger partial charge in [0.25, 0.3) is 0 Å². The summed E-state index contributed by atoms with van der Waals surface area (Å²) in [6.45, 7) is 6.74. The van der Waals surface area contributed by atoms with Gasteiger partial charge in [0.2, 0.25) is 0 Å². The van der Waals surface area contributed by atoms with Gasteiger partial charge < -0.3 is 11.1 Å². The van der Waals surface area contributed by atoms with E-state index in [4.69, 9.17) is 5.73 Å². The van der Waals surface area contributed by atoms with Gasteiger partial charge in [-0.25, -0.2) is 0 Å². The zero-order valence-electron chi connectivity index (χ0n) is 10.3. The molecular formula is C13H26N2. The quantitative estimate of drug-likeness (QED) is 0.746. The van der Waals surface area contributed by atoms with Crippen LogP contribution in [0.5, 0.6) is 0 Å². The lowest BCUT2D eigenvalue weighted by atomic mass is 9.76. The van der Waals surface area contributed by atoms with Gasteiger partial charge >= 0.3 is 0 Å². The molecule has 4 unspecified atom stereocenters. The summed E-state index contributed by atoms with van der Waals surface area (Å²) in [7, 11) is 0. The van der Waals surface area contributed by atoms with Crippen molar-refractivity contribution < 1.29 is 0 Å². The van der Waals surface area contributed by atoms with Gasteiger partial charge in [0.1, 0.15) is 0 Å². The highest BCUT2D eigenvalue weighted by Crippen LogP contribution is 2.38. The highest BCUT2D eigenvalue weighted by Gasteiger charge is 2.37. The van der Waals surface area contributed by atoms with Crippen LogP contribution in [0.4, 0.5) is 0 Å². The third-order valence-corrected chi connectivity index (χ3v) is 4.50. The van der Waals surface area contributed by atoms with Gasteiger partial charge in [-0.3, -0.25) is 0 Å². The highest BCUT2D eigenvalue weighted by molar-refractivity contribution is 4.96. The molecule has 0 aromatic heterocycles. The number of nitrogens with one attached hydrogen (secondary N) is 1. The van der Waals surface area contributed by atoms with Crippen molar-refractivity contribution in [1.29, 1.82) is 0 Å². The van der Waals surface area contributed by atoms with Crippen LogP contribution < -0.4 is 11.1 Å². The van der Waals surface area contributed by atoms with Crippen LogP contribution in [0.3, 0.4) is 0 Å². The van der Waals surface area contributed by atoms with Gasteiger partial charge in [-0.15, -0.1) is 0 Å². The number of rotatable bonds is 4. The Labute approximate surface area is 94.0 Å². The first-order chi connectivity index (χ1) is 7.15. The summed E-state index contributed by atoms with van der Waals surface area (Å²) in [4.78, 5) is 0. The van der Waals surface area contributed by atoms with Gasteiger partial charge in [-0.2, -0.15) is 0 Å². The van der Waals surface area contributed by atoms with E-state index in [0.717, 1.165) is 24.3 Å². The molecule has 0 bridgehead atoms. The second kappa shape index (κ2) is 4.42. The highest BCUT2D eigenvalue weighted by atomic mass is 15.0. The normalized spacial score (nSPS) is 45.4. The smallest absolute Gasteiger partial charge is 0.0306 e. The average Bonchev–Trinajstić information content (AvgIpc) is 2.92. The molecule has 2 aliphatic carbocycles. The monoisotopic (exact) mass is 210 g/mol. The molecule has 2 fully saturated rings. The van der Waals surface area contributed by atoms with Crippen molar-refractivity contribution >= 4 is 0 Å². The molecule has 0 radical (unpaired) electrons. The Balaban J connectivity index is 1.83. The fourth-order valence-corrected chi connectivity index (χ4v) is 3.11. The van der Waals surface area contributed by atoms with Gasteiger partial charge in [-0.05, 0) is 43.6 Å². The topological polar surface area (TPSA) is 38.0 Å². The molecule has 0 aliphatic heterocycles. The number of hydrogen-bond donors (Lipinski definition) is 2. The summed E-state index contributed by atoms with van der Waals surface area (Å²) in [5.41, 5.74) is 6.26. The van der Waals surface area contributed by atoms with Gasteiger partial charge in [0.05, 0.1) is 0 Å². The van der Waals surface area contributed by atoms with Crippen LogP contribution in [0.1, 0.15) is 46.0 Å². The van der Waals surface area contributed by atoms with Crippen molar-refractivity contribution in [2.45, 2.75) is 51.5 Å². The van der Waals surface area contributed by atoms with E-state index in [-0.39, 0.29) is 5.54 Å². The van der Waals surface area contributed by atoms with E-state index in [9.17, 15) is 0 Å². The molecule has 2 rings (SSSR count). The molecule has 0 heterocycles. The Morgan fingerprint density at radius 3 is 2.67 bits per heavy atom. The third-order valence-electron chi connectivity index (χ3n) is 4.50. The maximum atomic E-state index is 5.98. The van der Waals surface area contributed by atoms with Gasteiger partial charge in [-0.1, -0.05) is 26.7 Å². The summed E-state index contributed by atoms with van der Waals surface area (Å²) in [5.74, 6) is 2.74. The molecule has 2 heteroatoms. The van der Waals surface area contributed by atoms with Crippen LogP contribution in [0.25, 0.3) is 0 Å². The summed E-state index contributed by atoms with van der Waals surface area (Å²) in [6.07, 6.45) is 6.73. The van der Waals surface area contributed by atoms with Crippen LogP contribution in [-0.2, 0) is 0 Å². The summed E-state index contributed by atoms with van der Waals surface area (Å²) in [6, 6.07) is 0. The van der Waals surface area contributed by atoms with Crippen LogP contribution in [-0.4, -0.2) is 18.6 Å². The van der Waals surface area contributed by atoms with E-state index in [1.165, 1.54) is 38.6 Å². The first kappa shape index (κ1) is 11.4. The summed E-state index contributed by atoms with van der Waals surface area (Å²) >= 11 is 0. The Bertz CT molecular complexity index is 217. The Kier molecular flexibility index (Phi) is 3.36. The fourth-order valence-electron chi connectivity index (χ4n) is 3.11. The number of hydrogen-bond acceptors (Lipinski definition) is 2. The van der Waals surface area contributed by atoms with E-state index in [1.54, 1.807) is 0 Å². The van der Waals surface area contributed by atoms with Gasteiger partial charge in [0.15, 0.2) is 0 Å². The van der Waals surface area contributed by atoms with Crippen molar-refractivity contribution in [3.8, 4) is 0 Å². The molecule has 0 spiro atoms. The molecule has 88 valence electrons. The van der Waals surface area contributed by atoms with Crippen molar-refractivity contribution in [3.05, 3.63) is 0 Å². The predicted octanol–water partition coefficient (Wildman–Crippen LogP) is 2.14. The molecule has 3 N–H and O–H groups in total. The van der Waals surface area contributed by atoms with Crippen LogP contribution >= 0.6 is 0 Å². The van der Waals surface area contributed by atoms with E-state index in [2.05, 4.69) is 19.2 Å². The van der Waals surface area contributed by atoms with E-state index in [1.807, 2.05) is 0 Å². The molecule has 0 aromatic rings. The number of nitrogens with two attached hydrogens (primary N) is 1. The lowest BCUT2D eigenvalue weighted by Crippen LogP contribution is -2.54. The maximum absolute atomic E-state index is 5.98. The third kappa shape index (κ3) is 2.73. The van der Waals surface area contributed by atoms with Crippen molar-refractivity contribution in [2.24, 2.45) is 23.5 Å². The summed E-state index contributed by atoms with van der Waals surface area (Å²) < 4.78 is 0. The lowest BCUT2D eigenvalue weighted by Gasteiger charge is -2.40. The molecule has 15 heavy (non-hydrogen) atoms. The molecule has 2 nitrogen and oxygen atoms in total. The van der Waals surface area contributed by atoms with Crippen molar-refractivity contribution in [3.63, 3.8) is 0 Å². The first-order valence-corrected chi connectivity index (χ1v) is 6.60. The largest absolute Gasteiger partial charge is 0.329 e. The summed E-state index contributed by atoms with van der Waals surface area (Å²) in [5, 5.41) is 3.78. The molecular weight excluding hydrogens is 184 g/mol. The molecule has 2 saturated carbocycles. The fraction of sp³-hybridized carbons (Fsp3) is 1.00. The molecule has 2 aliphatic rings. The maximum Gasteiger partial charge on any atom is 0.0306 e. The minimum absolute atomic E-state index is 0.278. The van der Waals surface area contributed by atoms with E-state index in [0.29, 0.717) is 0 Å². The van der Waals surface area contributed by atoms with Crippen LogP contribution in [0.2, 0.25) is 0 Å². The van der Waals surface area contributed by atoms with E-state index >= 15 is 0 Å². The first-order valence-electron chi connectivity index (χ1n) is 6.60. The molecule has 4 atom stereocenters. The van der Waals surface area contributed by atoms with Crippen LogP contribution in [0, 0.1) is 17.8 Å². The minimum Gasteiger partial charge on any atom is -0.329 e. The zero-order chi connectivity index (χ0) is 10.9. The Hall–Kier alpha value is -0.0800. The molecule has 0 saturated heterocycles.